The lowest BCUT2D eigenvalue weighted by atomic mass is 9.79. The fourth-order valence-electron chi connectivity index (χ4n) is 9.30. The molecule has 0 bridgehead atoms. The summed E-state index contributed by atoms with van der Waals surface area (Å²) in [7, 11) is -1.93. The van der Waals surface area contributed by atoms with Gasteiger partial charge in [0.25, 0.3) is 0 Å². The Morgan fingerprint density at radius 2 is 0.878 bits per heavy atom. The minimum absolute atomic E-state index is 0.103. The van der Waals surface area contributed by atoms with Crippen LogP contribution in [-0.2, 0) is 5.41 Å². The van der Waals surface area contributed by atoms with E-state index in [0.29, 0.717) is 0 Å². The second-order valence-electron chi connectivity index (χ2n) is 14.9. The predicted octanol–water partition coefficient (Wildman–Crippen LogP) is 11.7. The first-order valence-electron chi connectivity index (χ1n) is 17.5. The average molecular weight is 644 g/mol. The molecule has 8 aromatic rings. The van der Waals surface area contributed by atoms with Crippen LogP contribution in [0.15, 0.2) is 152 Å². The molecule has 0 spiro atoms. The molecule has 0 unspecified atom stereocenters. The van der Waals surface area contributed by atoms with Gasteiger partial charge in [-0.25, -0.2) is 0 Å². The number of para-hydroxylation sites is 2. The molecule has 8 aromatic carbocycles. The first-order valence-corrected chi connectivity index (χ1v) is 20.5. The molecular weight excluding hydrogens is 607 g/mol. The van der Waals surface area contributed by atoms with E-state index in [0.717, 1.165) is 0 Å². The number of rotatable bonds is 2. The molecule has 49 heavy (non-hydrogen) atoms. The Labute approximate surface area is 289 Å². The largest absolute Gasteiger partial charge is 0.309 e. The molecule has 2 aliphatic rings. The molecule has 0 fully saturated rings. The highest BCUT2D eigenvalue weighted by molar-refractivity contribution is 7.02. The summed E-state index contributed by atoms with van der Waals surface area (Å²) in [6, 6.07) is 57.2. The van der Waals surface area contributed by atoms with Crippen molar-refractivity contribution in [2.75, 3.05) is 4.90 Å². The minimum atomic E-state index is -1.93. The maximum Gasteiger partial charge on any atom is 0.117 e. The van der Waals surface area contributed by atoms with Crippen molar-refractivity contribution in [3.05, 3.63) is 163 Å². The van der Waals surface area contributed by atoms with E-state index in [1.54, 1.807) is 0 Å². The summed E-state index contributed by atoms with van der Waals surface area (Å²) in [5, 5.41) is 10.7. The molecule has 234 valence electrons. The molecule has 10 rings (SSSR count). The van der Waals surface area contributed by atoms with Gasteiger partial charge in [-0.15, -0.1) is 0 Å². The highest BCUT2D eigenvalue weighted by Gasteiger charge is 2.40. The second kappa shape index (κ2) is 10.0. The molecule has 1 aliphatic heterocycles. The van der Waals surface area contributed by atoms with Gasteiger partial charge in [-0.2, -0.15) is 0 Å². The first kappa shape index (κ1) is 28.6. The Hall–Kier alpha value is -5.44. The van der Waals surface area contributed by atoms with Gasteiger partial charge < -0.3 is 4.90 Å². The van der Waals surface area contributed by atoms with Gasteiger partial charge in [0.15, 0.2) is 0 Å². The van der Waals surface area contributed by atoms with Crippen molar-refractivity contribution in [2.24, 2.45) is 0 Å². The molecular formula is C47H37NSi. The molecule has 1 nitrogen and oxygen atoms in total. The van der Waals surface area contributed by atoms with Crippen LogP contribution in [0.3, 0.4) is 0 Å². The van der Waals surface area contributed by atoms with E-state index in [9.17, 15) is 0 Å². The van der Waals surface area contributed by atoms with Crippen molar-refractivity contribution < 1.29 is 0 Å². The predicted molar refractivity (Wildman–Crippen MR) is 213 cm³/mol. The van der Waals surface area contributed by atoms with E-state index in [-0.39, 0.29) is 5.41 Å². The monoisotopic (exact) mass is 643 g/mol. The molecule has 0 saturated carbocycles. The molecule has 0 amide bonds. The van der Waals surface area contributed by atoms with Gasteiger partial charge in [0.2, 0.25) is 0 Å². The summed E-state index contributed by atoms with van der Waals surface area (Å²) < 4.78 is 0. The normalized spacial score (nSPS) is 15.2. The summed E-state index contributed by atoms with van der Waals surface area (Å²) in [4.78, 5) is 2.58. The number of fused-ring (bicyclic) bond motifs is 9. The lowest BCUT2D eigenvalue weighted by molar-refractivity contribution is 0.661. The SMILES string of the molecule is CC1(C)c2ccccc2-c2c1cc(-c1c3ccccc3c(N3c4ccccc4[Si](C)(C)c4ccccc43)c3ccccc13)c1ccccc21. The Morgan fingerprint density at radius 3 is 1.47 bits per heavy atom. The van der Waals surface area contributed by atoms with Gasteiger partial charge in [-0.3, -0.25) is 0 Å². The molecule has 0 N–H and O–H groups in total. The Kier molecular flexibility index (Phi) is 5.85. The Bertz CT molecular complexity index is 2570. The fraction of sp³-hybridized carbons (Fsp3) is 0.106. The van der Waals surface area contributed by atoms with Crippen molar-refractivity contribution in [2.45, 2.75) is 32.4 Å². The zero-order valence-electron chi connectivity index (χ0n) is 28.4. The van der Waals surface area contributed by atoms with Crippen LogP contribution in [-0.4, -0.2) is 8.07 Å². The van der Waals surface area contributed by atoms with Crippen LogP contribution in [0, 0.1) is 0 Å². The van der Waals surface area contributed by atoms with Crippen LogP contribution in [0.5, 0.6) is 0 Å². The van der Waals surface area contributed by atoms with Gasteiger partial charge >= 0.3 is 0 Å². The van der Waals surface area contributed by atoms with Gasteiger partial charge in [-0.05, 0) is 83.5 Å². The zero-order chi connectivity index (χ0) is 33.1. The third kappa shape index (κ3) is 3.75. The van der Waals surface area contributed by atoms with Gasteiger partial charge in [0, 0.05) is 27.6 Å². The summed E-state index contributed by atoms with van der Waals surface area (Å²) in [5.74, 6) is 0. The second-order valence-corrected chi connectivity index (χ2v) is 19.2. The highest BCUT2D eigenvalue weighted by Crippen LogP contribution is 2.55. The molecule has 0 aromatic heterocycles. The van der Waals surface area contributed by atoms with Crippen molar-refractivity contribution in [3.8, 4) is 22.3 Å². The van der Waals surface area contributed by atoms with E-state index in [2.05, 4.69) is 184 Å². The first-order chi connectivity index (χ1) is 23.9. The lowest BCUT2D eigenvalue weighted by Gasteiger charge is -2.42. The third-order valence-electron chi connectivity index (χ3n) is 11.6. The van der Waals surface area contributed by atoms with Gasteiger partial charge in [-0.1, -0.05) is 160 Å². The molecule has 0 saturated heterocycles. The van der Waals surface area contributed by atoms with Crippen molar-refractivity contribution >= 4 is 67.8 Å². The van der Waals surface area contributed by atoms with Crippen LogP contribution in [0.25, 0.3) is 54.6 Å². The van der Waals surface area contributed by atoms with E-state index < -0.39 is 8.07 Å². The average Bonchev–Trinajstić information content (AvgIpc) is 3.37. The van der Waals surface area contributed by atoms with E-state index in [4.69, 9.17) is 0 Å². The fourth-order valence-corrected chi connectivity index (χ4v) is 12.3. The minimum Gasteiger partial charge on any atom is -0.309 e. The molecule has 0 atom stereocenters. The van der Waals surface area contributed by atoms with Crippen LogP contribution in [0.2, 0.25) is 13.1 Å². The number of anilines is 3. The van der Waals surface area contributed by atoms with Gasteiger partial charge in [0.05, 0.1) is 5.69 Å². The topological polar surface area (TPSA) is 3.24 Å². The van der Waals surface area contributed by atoms with Crippen molar-refractivity contribution in [1.29, 1.82) is 0 Å². The Balaban J connectivity index is 1.35. The standard InChI is InChI=1S/C47H37NSi/c1-47(2)38-24-12-11-23-36(38)45-31-18-6-5-17-30(31)37(29-39(45)47)44-32-19-7-9-21-34(32)46(35-22-10-8-20-33(35)44)48-40-25-13-15-27-42(40)49(3,4)43-28-16-14-26-41(43)48/h5-29H,1-4H3. The van der Waals surface area contributed by atoms with Crippen LogP contribution >= 0.6 is 0 Å². The molecule has 1 heterocycles. The number of hydrogen-bond donors (Lipinski definition) is 0. The number of hydrogen-bond acceptors (Lipinski definition) is 1. The zero-order valence-corrected chi connectivity index (χ0v) is 29.4. The summed E-state index contributed by atoms with van der Waals surface area (Å²) in [6.07, 6.45) is 0. The van der Waals surface area contributed by atoms with E-state index in [1.165, 1.54) is 93.1 Å². The molecule has 1 aliphatic carbocycles. The molecule has 0 radical (unpaired) electrons. The molecule has 2 heteroatoms. The van der Waals surface area contributed by atoms with E-state index >= 15 is 0 Å². The van der Waals surface area contributed by atoms with Crippen molar-refractivity contribution in [3.63, 3.8) is 0 Å². The summed E-state index contributed by atoms with van der Waals surface area (Å²) in [5.41, 5.74) is 12.0. The summed E-state index contributed by atoms with van der Waals surface area (Å²) >= 11 is 0. The van der Waals surface area contributed by atoms with Crippen LogP contribution in [0.4, 0.5) is 17.1 Å². The van der Waals surface area contributed by atoms with E-state index in [1.807, 2.05) is 0 Å². The lowest BCUT2D eigenvalue weighted by Crippen LogP contribution is -2.58. The van der Waals surface area contributed by atoms with Crippen molar-refractivity contribution in [1.82, 2.24) is 0 Å². The quantitative estimate of drug-likeness (QED) is 0.134. The maximum absolute atomic E-state index is 2.58. The van der Waals surface area contributed by atoms with Crippen LogP contribution in [0.1, 0.15) is 25.0 Å². The summed E-state index contributed by atoms with van der Waals surface area (Å²) in [6.45, 7) is 9.79. The maximum atomic E-state index is 2.58. The van der Waals surface area contributed by atoms with Gasteiger partial charge in [0.1, 0.15) is 8.07 Å². The highest BCUT2D eigenvalue weighted by atomic mass is 28.3. The van der Waals surface area contributed by atoms with Crippen LogP contribution < -0.4 is 15.3 Å². The smallest absolute Gasteiger partial charge is 0.117 e. The Morgan fingerprint density at radius 1 is 0.429 bits per heavy atom. The number of benzene rings is 8. The third-order valence-corrected chi connectivity index (χ3v) is 15.2. The number of nitrogens with zero attached hydrogens (tertiary/aromatic N) is 1.